The second-order valence-electron chi connectivity index (χ2n) is 14.7. The third-order valence-corrected chi connectivity index (χ3v) is 9.77. The van der Waals surface area contributed by atoms with Gasteiger partial charge in [0.15, 0.2) is 17.7 Å². The summed E-state index contributed by atoms with van der Waals surface area (Å²) in [6.45, 7) is 15.8. The van der Waals surface area contributed by atoms with E-state index in [1.165, 1.54) is 6.07 Å². The molecule has 9 heteroatoms. The van der Waals surface area contributed by atoms with Gasteiger partial charge in [-0.1, -0.05) is 30.3 Å². The van der Waals surface area contributed by atoms with Crippen LogP contribution in [-0.2, 0) is 14.3 Å². The summed E-state index contributed by atoms with van der Waals surface area (Å²) < 4.78 is 36.4. The van der Waals surface area contributed by atoms with Crippen molar-refractivity contribution in [3.63, 3.8) is 0 Å². The van der Waals surface area contributed by atoms with Crippen molar-refractivity contribution in [2.24, 2.45) is 0 Å². The summed E-state index contributed by atoms with van der Waals surface area (Å²) in [5.41, 5.74) is 5.24. The number of pyridine rings is 1. The number of anilines is 1. The number of aryl methyl sites for hydroxylation is 1. The Labute approximate surface area is 282 Å². The molecule has 2 aromatic heterocycles. The number of nitrogens with zero attached hydrogens (tertiary/aromatic N) is 3. The zero-order chi connectivity index (χ0) is 34.4. The van der Waals surface area contributed by atoms with Crippen LogP contribution >= 0.6 is 0 Å². The molecule has 2 atom stereocenters. The molecule has 2 unspecified atom stereocenters. The van der Waals surface area contributed by atoms with Gasteiger partial charge in [-0.25, -0.2) is 14.2 Å². The van der Waals surface area contributed by atoms with Gasteiger partial charge in [0, 0.05) is 42.6 Å². The van der Waals surface area contributed by atoms with Crippen LogP contribution in [0.25, 0.3) is 28.0 Å². The van der Waals surface area contributed by atoms with Crippen LogP contribution in [0.1, 0.15) is 89.5 Å². The van der Waals surface area contributed by atoms with Gasteiger partial charge < -0.3 is 24.2 Å². The van der Waals surface area contributed by atoms with Crippen molar-refractivity contribution in [3.8, 4) is 28.1 Å². The minimum absolute atomic E-state index is 0.164. The highest BCUT2D eigenvalue weighted by Gasteiger charge is 2.38. The molecule has 1 saturated heterocycles. The minimum atomic E-state index is -1.18. The Morgan fingerprint density at radius 1 is 1.08 bits per heavy atom. The topological polar surface area (TPSA) is 85.5 Å². The van der Waals surface area contributed by atoms with Crippen molar-refractivity contribution >= 4 is 17.4 Å². The lowest BCUT2D eigenvalue weighted by atomic mass is 9.92. The van der Waals surface area contributed by atoms with Gasteiger partial charge in [-0.2, -0.15) is 0 Å². The lowest BCUT2D eigenvalue weighted by molar-refractivity contribution is -0.160. The number of carboxylic acid groups (broad SMARTS) is 1. The number of aliphatic carboxylic acids is 1. The quantitative estimate of drug-likeness (QED) is 0.236. The molecule has 0 aliphatic carbocycles. The molecule has 0 spiro atoms. The fourth-order valence-electron chi connectivity index (χ4n) is 6.99. The van der Waals surface area contributed by atoms with Crippen LogP contribution in [0.5, 0.6) is 5.75 Å². The molecule has 256 valence electrons. The third kappa shape index (κ3) is 6.80. The maximum atomic E-state index is 15.3. The monoisotopic (exact) mass is 657 g/mol. The van der Waals surface area contributed by atoms with Crippen LogP contribution in [0.3, 0.4) is 0 Å². The maximum absolute atomic E-state index is 15.3. The largest absolute Gasteiger partial charge is 0.487 e. The van der Waals surface area contributed by atoms with E-state index in [1.54, 1.807) is 6.07 Å². The Hall–Kier alpha value is -3.95. The Morgan fingerprint density at radius 3 is 2.50 bits per heavy atom. The molecule has 0 amide bonds. The van der Waals surface area contributed by atoms with Gasteiger partial charge in [0.05, 0.1) is 23.0 Å². The first kappa shape index (κ1) is 33.9. The summed E-state index contributed by atoms with van der Waals surface area (Å²) in [6, 6.07) is 12.9. The van der Waals surface area contributed by atoms with Crippen LogP contribution < -0.4 is 9.64 Å². The number of carboxylic acids is 1. The molecule has 3 aliphatic heterocycles. The summed E-state index contributed by atoms with van der Waals surface area (Å²) in [7, 11) is 0. The first-order chi connectivity index (χ1) is 22.7. The average Bonchev–Trinajstić information content (AvgIpc) is 3.48. The zero-order valence-corrected chi connectivity index (χ0v) is 29.2. The fourth-order valence-corrected chi connectivity index (χ4v) is 6.99. The van der Waals surface area contributed by atoms with E-state index in [9.17, 15) is 9.90 Å². The van der Waals surface area contributed by atoms with E-state index in [1.807, 2.05) is 82.5 Å². The molecule has 0 radical (unpaired) electrons. The summed E-state index contributed by atoms with van der Waals surface area (Å²) in [6.07, 6.45) is 4.79. The predicted molar refractivity (Wildman–Crippen MR) is 186 cm³/mol. The second kappa shape index (κ2) is 13.2. The molecule has 2 aromatic carbocycles. The van der Waals surface area contributed by atoms with Gasteiger partial charge in [-0.3, -0.25) is 4.40 Å². The minimum Gasteiger partial charge on any atom is -0.487 e. The molecular formula is C39H48FN3O5. The molecular weight excluding hydrogens is 609 g/mol. The summed E-state index contributed by atoms with van der Waals surface area (Å²) in [5, 5.41) is 10.6. The van der Waals surface area contributed by atoms with E-state index >= 15 is 4.39 Å². The van der Waals surface area contributed by atoms with Crippen molar-refractivity contribution in [2.75, 3.05) is 24.6 Å². The molecule has 3 aliphatic rings. The van der Waals surface area contributed by atoms with Crippen molar-refractivity contribution in [1.29, 1.82) is 0 Å². The van der Waals surface area contributed by atoms with E-state index in [-0.39, 0.29) is 17.5 Å². The van der Waals surface area contributed by atoms with Crippen LogP contribution in [0.2, 0.25) is 0 Å². The number of hydrogen-bond donors (Lipinski definition) is 1. The summed E-state index contributed by atoms with van der Waals surface area (Å²) in [5.74, 6) is -0.395. The van der Waals surface area contributed by atoms with Gasteiger partial charge in [0.1, 0.15) is 11.5 Å². The molecule has 5 heterocycles. The number of carbonyl (C=O) groups is 1. The first-order valence-corrected chi connectivity index (χ1v) is 17.1. The normalized spacial score (nSPS) is 21.2. The molecule has 6 bridgehead atoms. The smallest absolute Gasteiger partial charge is 0.337 e. The van der Waals surface area contributed by atoms with Crippen LogP contribution in [0.15, 0.2) is 48.7 Å². The Balaban J connectivity index is 1.57. The SMILES string of the molecule is Cc1c(C(OC(C)(C)C)C(=O)O)c2n3cc(nc3c1C)-c1cccc(c1)-c1cccc(F)c1OC(C)CCCCOC1(C)CCN2CC1. The van der Waals surface area contributed by atoms with Crippen molar-refractivity contribution in [3.05, 3.63) is 71.2 Å². The maximum Gasteiger partial charge on any atom is 0.337 e. The molecule has 4 aromatic rings. The van der Waals surface area contributed by atoms with E-state index in [0.29, 0.717) is 30.8 Å². The van der Waals surface area contributed by atoms with E-state index in [2.05, 4.69) is 11.8 Å². The summed E-state index contributed by atoms with van der Waals surface area (Å²) >= 11 is 0. The third-order valence-electron chi connectivity index (χ3n) is 9.77. The number of fused-ring (bicyclic) bond motifs is 8. The number of piperidine rings is 1. The van der Waals surface area contributed by atoms with Gasteiger partial charge in [-0.15, -0.1) is 0 Å². The first-order valence-electron chi connectivity index (χ1n) is 17.1. The van der Waals surface area contributed by atoms with Crippen LogP contribution in [0, 0.1) is 19.7 Å². The predicted octanol–water partition coefficient (Wildman–Crippen LogP) is 8.69. The number of para-hydroxylation sites is 1. The Morgan fingerprint density at radius 2 is 1.79 bits per heavy atom. The van der Waals surface area contributed by atoms with Crippen LogP contribution in [0.4, 0.5) is 10.2 Å². The molecule has 7 rings (SSSR count). The number of halogens is 1. The number of aromatic nitrogens is 2. The number of hydrogen-bond acceptors (Lipinski definition) is 6. The number of rotatable bonds is 3. The number of benzene rings is 2. The van der Waals surface area contributed by atoms with Crippen LogP contribution in [-0.4, -0.2) is 57.5 Å². The van der Waals surface area contributed by atoms with Crippen molar-refractivity contribution in [2.45, 2.75) is 104 Å². The van der Waals surface area contributed by atoms with E-state index < -0.39 is 23.5 Å². The second-order valence-corrected chi connectivity index (χ2v) is 14.7. The molecule has 8 nitrogen and oxygen atoms in total. The molecule has 48 heavy (non-hydrogen) atoms. The van der Waals surface area contributed by atoms with Crippen molar-refractivity contribution < 1.29 is 28.5 Å². The van der Waals surface area contributed by atoms with Crippen molar-refractivity contribution in [1.82, 2.24) is 9.38 Å². The lowest BCUT2D eigenvalue weighted by Gasteiger charge is -2.42. The number of imidazole rings is 1. The zero-order valence-electron chi connectivity index (χ0n) is 29.2. The Bertz CT molecular complexity index is 1820. The number of ether oxygens (including phenoxy) is 3. The van der Waals surface area contributed by atoms with Gasteiger partial charge in [0.2, 0.25) is 0 Å². The molecule has 1 fully saturated rings. The highest BCUT2D eigenvalue weighted by atomic mass is 19.1. The summed E-state index contributed by atoms with van der Waals surface area (Å²) in [4.78, 5) is 20.4. The highest BCUT2D eigenvalue weighted by Crippen LogP contribution is 2.42. The fraction of sp³-hybridized carbons (Fsp3) is 0.487. The van der Waals surface area contributed by atoms with Gasteiger partial charge >= 0.3 is 5.97 Å². The van der Waals surface area contributed by atoms with Gasteiger partial charge in [0.25, 0.3) is 0 Å². The van der Waals surface area contributed by atoms with Gasteiger partial charge in [-0.05, 0) is 109 Å². The highest BCUT2D eigenvalue weighted by molar-refractivity contribution is 5.81. The molecule has 1 N–H and O–H groups in total. The lowest BCUT2D eigenvalue weighted by Crippen LogP contribution is -2.45. The van der Waals surface area contributed by atoms with E-state index in [0.717, 1.165) is 71.5 Å². The molecule has 0 saturated carbocycles. The Kier molecular flexibility index (Phi) is 9.30. The average molecular weight is 658 g/mol. The standard InChI is InChI=1S/C39H48FN3O5/c1-24-12-8-9-21-46-39(7)17-19-42(20-18-39)36-32(34(37(44)45)48-38(4,5)6)25(2)26(3)35-41-31(23-43(35)36)28-14-10-13-27(22-28)29-15-11-16-30(40)33(29)47-24/h10-11,13-16,22-24,34H,8-9,12,17-21H2,1-7H3,(H,44,45). The van der Waals surface area contributed by atoms with E-state index in [4.69, 9.17) is 19.2 Å².